The molecule has 1 N–H and O–H groups in total. The number of nitrogens with one attached hydrogen (secondary N) is 1. The number of hydrogen-bond donors (Lipinski definition) is 1. The second-order valence-electron chi connectivity index (χ2n) is 6.34. The summed E-state index contributed by atoms with van der Waals surface area (Å²) in [5, 5.41) is 3.93. The molecular weight excluding hydrogens is 240 g/mol. The molecule has 0 aromatic heterocycles. The molecule has 2 fully saturated rings. The molecule has 18 heavy (non-hydrogen) atoms. The van der Waals surface area contributed by atoms with Gasteiger partial charge in [0.15, 0.2) is 0 Å². The van der Waals surface area contributed by atoms with Crippen molar-refractivity contribution in [3.05, 3.63) is 0 Å². The average molecular weight is 270 g/mol. The lowest BCUT2D eigenvalue weighted by atomic mass is 9.77. The number of thioether (sulfide) groups is 1. The van der Waals surface area contributed by atoms with Gasteiger partial charge in [-0.15, -0.1) is 0 Å². The van der Waals surface area contributed by atoms with Crippen LogP contribution in [0.1, 0.15) is 45.4 Å². The Morgan fingerprint density at radius 3 is 2.78 bits per heavy atom. The molecule has 2 rings (SSSR count). The Morgan fingerprint density at radius 1 is 1.22 bits per heavy atom. The van der Waals surface area contributed by atoms with E-state index in [1.807, 2.05) is 11.8 Å². The van der Waals surface area contributed by atoms with Crippen LogP contribution in [-0.4, -0.2) is 48.6 Å². The first-order chi connectivity index (χ1) is 8.70. The lowest BCUT2D eigenvalue weighted by Crippen LogP contribution is -2.53. The quantitative estimate of drug-likeness (QED) is 0.827. The normalized spacial score (nSPS) is 34.3. The minimum absolute atomic E-state index is 0.700. The number of rotatable bonds is 5. The maximum Gasteiger partial charge on any atom is 0.0197 e. The Bertz CT molecular complexity index is 247. The van der Waals surface area contributed by atoms with Gasteiger partial charge in [-0.25, -0.2) is 0 Å². The molecule has 0 bridgehead atoms. The van der Waals surface area contributed by atoms with Crippen LogP contribution in [0.5, 0.6) is 0 Å². The van der Waals surface area contributed by atoms with Gasteiger partial charge in [0.2, 0.25) is 0 Å². The van der Waals surface area contributed by atoms with E-state index in [2.05, 4.69) is 30.4 Å². The van der Waals surface area contributed by atoms with E-state index in [-0.39, 0.29) is 0 Å². The van der Waals surface area contributed by atoms with Gasteiger partial charge in [0, 0.05) is 30.4 Å². The summed E-state index contributed by atoms with van der Waals surface area (Å²) in [5.41, 5.74) is 0. The van der Waals surface area contributed by atoms with Crippen molar-refractivity contribution in [1.82, 2.24) is 10.2 Å². The molecule has 1 saturated heterocycles. The van der Waals surface area contributed by atoms with Crippen LogP contribution in [0.3, 0.4) is 0 Å². The van der Waals surface area contributed by atoms with Gasteiger partial charge in [-0.3, -0.25) is 0 Å². The first kappa shape index (κ1) is 14.7. The van der Waals surface area contributed by atoms with Gasteiger partial charge < -0.3 is 10.2 Å². The van der Waals surface area contributed by atoms with Crippen molar-refractivity contribution in [2.24, 2.45) is 5.92 Å². The smallest absolute Gasteiger partial charge is 0.0197 e. The van der Waals surface area contributed by atoms with E-state index in [0.29, 0.717) is 6.04 Å². The van der Waals surface area contributed by atoms with Crippen LogP contribution in [0, 0.1) is 5.92 Å². The highest BCUT2D eigenvalue weighted by Gasteiger charge is 2.32. The van der Waals surface area contributed by atoms with Crippen LogP contribution in [0.15, 0.2) is 0 Å². The Hall–Kier alpha value is 0.270. The number of piperidine rings is 1. The van der Waals surface area contributed by atoms with Gasteiger partial charge in [-0.2, -0.15) is 11.8 Å². The summed E-state index contributed by atoms with van der Waals surface area (Å²) < 4.78 is 0. The van der Waals surface area contributed by atoms with E-state index in [4.69, 9.17) is 0 Å². The SMILES string of the molecule is CSCC(C)N(C)CC1CCC2CCCCC2N1. The number of fused-ring (bicyclic) bond motifs is 1. The van der Waals surface area contributed by atoms with Crippen molar-refractivity contribution in [2.75, 3.05) is 25.6 Å². The lowest BCUT2D eigenvalue weighted by Gasteiger charge is -2.42. The van der Waals surface area contributed by atoms with E-state index in [9.17, 15) is 0 Å². The molecule has 2 nitrogen and oxygen atoms in total. The predicted molar refractivity (Wildman–Crippen MR) is 82.4 cm³/mol. The molecule has 106 valence electrons. The second kappa shape index (κ2) is 7.16. The summed E-state index contributed by atoms with van der Waals surface area (Å²) >= 11 is 1.96. The molecule has 0 amide bonds. The molecule has 1 heterocycles. The first-order valence-electron chi connectivity index (χ1n) is 7.66. The zero-order valence-electron chi connectivity index (χ0n) is 12.3. The van der Waals surface area contributed by atoms with Crippen molar-refractivity contribution in [2.45, 2.75) is 63.6 Å². The summed E-state index contributed by atoms with van der Waals surface area (Å²) in [4.78, 5) is 2.54. The van der Waals surface area contributed by atoms with Crippen LogP contribution in [0.2, 0.25) is 0 Å². The molecule has 4 unspecified atom stereocenters. The maximum atomic E-state index is 3.93. The van der Waals surface area contributed by atoms with E-state index < -0.39 is 0 Å². The number of likely N-dealkylation sites (N-methyl/N-ethyl adjacent to an activating group) is 1. The summed E-state index contributed by atoms with van der Waals surface area (Å²) in [6, 6.07) is 2.27. The maximum absolute atomic E-state index is 3.93. The lowest BCUT2D eigenvalue weighted by molar-refractivity contribution is 0.144. The van der Waals surface area contributed by atoms with Gasteiger partial charge in [-0.05, 0) is 51.8 Å². The third kappa shape index (κ3) is 3.88. The van der Waals surface area contributed by atoms with Gasteiger partial charge in [0.05, 0.1) is 0 Å². The van der Waals surface area contributed by atoms with E-state index >= 15 is 0 Å². The van der Waals surface area contributed by atoms with Crippen molar-refractivity contribution in [1.29, 1.82) is 0 Å². The minimum atomic E-state index is 0.700. The van der Waals surface area contributed by atoms with Gasteiger partial charge in [0.25, 0.3) is 0 Å². The number of nitrogens with zero attached hydrogens (tertiary/aromatic N) is 1. The van der Waals surface area contributed by atoms with E-state index in [1.165, 1.54) is 50.8 Å². The first-order valence-corrected chi connectivity index (χ1v) is 9.05. The zero-order valence-corrected chi connectivity index (χ0v) is 13.1. The molecule has 2 aliphatic rings. The summed E-state index contributed by atoms with van der Waals surface area (Å²) in [6.45, 7) is 3.58. The minimum Gasteiger partial charge on any atom is -0.310 e. The molecule has 0 radical (unpaired) electrons. The van der Waals surface area contributed by atoms with Crippen LogP contribution >= 0.6 is 11.8 Å². The van der Waals surface area contributed by atoms with E-state index in [0.717, 1.165) is 18.0 Å². The van der Waals surface area contributed by atoms with Crippen LogP contribution in [0.25, 0.3) is 0 Å². The topological polar surface area (TPSA) is 15.3 Å². The highest BCUT2D eigenvalue weighted by atomic mass is 32.2. The standard InChI is InChI=1S/C15H30N2S/c1-12(11-18-3)17(2)10-14-9-8-13-6-4-5-7-15(13)16-14/h12-16H,4-11H2,1-3H3. The molecule has 1 aliphatic carbocycles. The summed E-state index contributed by atoms with van der Waals surface area (Å²) in [7, 11) is 2.29. The largest absolute Gasteiger partial charge is 0.310 e. The molecule has 1 saturated carbocycles. The fourth-order valence-electron chi connectivity index (χ4n) is 3.61. The van der Waals surface area contributed by atoms with Gasteiger partial charge >= 0.3 is 0 Å². The molecule has 4 atom stereocenters. The van der Waals surface area contributed by atoms with Gasteiger partial charge in [-0.1, -0.05) is 12.8 Å². The van der Waals surface area contributed by atoms with Crippen molar-refractivity contribution in [3.63, 3.8) is 0 Å². The van der Waals surface area contributed by atoms with Crippen molar-refractivity contribution < 1.29 is 0 Å². The van der Waals surface area contributed by atoms with E-state index in [1.54, 1.807) is 0 Å². The fourth-order valence-corrected chi connectivity index (χ4v) is 4.35. The van der Waals surface area contributed by atoms with Crippen LogP contribution < -0.4 is 5.32 Å². The monoisotopic (exact) mass is 270 g/mol. The molecular formula is C15H30N2S. The zero-order chi connectivity index (χ0) is 13.0. The van der Waals surface area contributed by atoms with Crippen molar-refractivity contribution >= 4 is 11.8 Å². The Kier molecular flexibility index (Phi) is 5.84. The molecule has 3 heteroatoms. The third-order valence-electron chi connectivity index (χ3n) is 4.91. The highest BCUT2D eigenvalue weighted by Crippen LogP contribution is 2.32. The Balaban J connectivity index is 1.76. The summed E-state index contributed by atoms with van der Waals surface area (Å²) in [6.07, 6.45) is 10.9. The molecule has 1 aliphatic heterocycles. The number of hydrogen-bond acceptors (Lipinski definition) is 3. The fraction of sp³-hybridized carbons (Fsp3) is 1.00. The van der Waals surface area contributed by atoms with Crippen LogP contribution in [0.4, 0.5) is 0 Å². The Labute approximate surface area is 117 Å². The van der Waals surface area contributed by atoms with Gasteiger partial charge in [0.1, 0.15) is 0 Å². The average Bonchev–Trinajstić information content (AvgIpc) is 2.39. The molecule has 0 aromatic rings. The summed E-state index contributed by atoms with van der Waals surface area (Å²) in [5.74, 6) is 2.24. The second-order valence-corrected chi connectivity index (χ2v) is 7.25. The van der Waals surface area contributed by atoms with Crippen LogP contribution in [-0.2, 0) is 0 Å². The molecule has 0 spiro atoms. The predicted octanol–water partition coefficient (Wildman–Crippen LogP) is 2.98. The van der Waals surface area contributed by atoms with Crippen molar-refractivity contribution in [3.8, 4) is 0 Å². The highest BCUT2D eigenvalue weighted by molar-refractivity contribution is 7.98. The third-order valence-corrected chi connectivity index (χ3v) is 5.73. The molecule has 0 aromatic carbocycles. The Morgan fingerprint density at radius 2 is 2.00 bits per heavy atom.